The molecule has 0 N–H and O–H groups in total. The van der Waals surface area contributed by atoms with E-state index in [1.165, 1.54) is 0 Å². The number of hydroxylamine groups is 3. The number of hydrogen-bond donors (Lipinski definition) is 0. The summed E-state index contributed by atoms with van der Waals surface area (Å²) in [5.41, 5.74) is 0.361. The molecule has 0 aromatic heterocycles. The average molecular weight is 223 g/mol. The summed E-state index contributed by atoms with van der Waals surface area (Å²) in [6.45, 7) is 8.35. The van der Waals surface area contributed by atoms with Crippen molar-refractivity contribution in [3.05, 3.63) is 23.9 Å². The molecule has 87 valence electrons. The molecular formula is C12H19N2O2+2. The van der Waals surface area contributed by atoms with Crippen molar-refractivity contribution in [1.82, 2.24) is 4.99 Å². The summed E-state index contributed by atoms with van der Waals surface area (Å²) in [6, 6.07) is 0. The molecule has 4 heteroatoms. The van der Waals surface area contributed by atoms with Gasteiger partial charge >= 0.3 is 11.7 Å². The fourth-order valence-electron chi connectivity index (χ4n) is 1.57. The number of carbonyl (C=O) groups is 1. The first-order valence-corrected chi connectivity index (χ1v) is 5.68. The second-order valence-corrected chi connectivity index (χ2v) is 3.60. The first-order valence-electron chi connectivity index (χ1n) is 5.68. The normalized spacial score (nSPS) is 14.8. The van der Waals surface area contributed by atoms with Gasteiger partial charge in [0.25, 0.3) is 0 Å². The number of nitrogens with zero attached hydrogens (tertiary/aromatic N) is 2. The highest BCUT2D eigenvalue weighted by Gasteiger charge is 2.33. The van der Waals surface area contributed by atoms with Gasteiger partial charge in [0.2, 0.25) is 6.21 Å². The monoisotopic (exact) mass is 223 g/mol. The quantitative estimate of drug-likeness (QED) is 0.518. The zero-order valence-electron chi connectivity index (χ0n) is 10.1. The molecule has 4 nitrogen and oxygen atoms in total. The number of rotatable bonds is 5. The van der Waals surface area contributed by atoms with Crippen LogP contribution in [-0.2, 0) is 9.63 Å². The van der Waals surface area contributed by atoms with Crippen LogP contribution in [0.4, 0.5) is 0 Å². The highest BCUT2D eigenvalue weighted by molar-refractivity contribution is 5.91. The predicted molar refractivity (Wildman–Crippen MR) is 63.4 cm³/mol. The van der Waals surface area contributed by atoms with Crippen molar-refractivity contribution in [2.45, 2.75) is 20.8 Å². The molecule has 1 heterocycles. The van der Waals surface area contributed by atoms with E-state index in [2.05, 4.69) is 4.99 Å². The molecule has 1 aliphatic heterocycles. The first-order chi connectivity index (χ1) is 7.67. The summed E-state index contributed by atoms with van der Waals surface area (Å²) in [4.78, 5) is 21.3. The maximum absolute atomic E-state index is 11.8. The molecule has 0 fully saturated rings. The second-order valence-electron chi connectivity index (χ2n) is 3.60. The molecule has 1 rings (SSSR count). The number of carbonyl (C=O) groups excluding carboxylic acids is 1. The lowest BCUT2D eigenvalue weighted by molar-refractivity contribution is -1.08. The van der Waals surface area contributed by atoms with Crippen molar-refractivity contribution in [3.8, 4) is 0 Å². The molecule has 1 aliphatic rings. The lowest BCUT2D eigenvalue weighted by Crippen LogP contribution is -2.49. The maximum Gasteiger partial charge on any atom is 0.467 e. The Hall–Kier alpha value is -1.42. The minimum absolute atomic E-state index is 0.343. The molecule has 0 saturated carbocycles. The van der Waals surface area contributed by atoms with Crippen molar-refractivity contribution in [2.75, 3.05) is 19.6 Å². The van der Waals surface area contributed by atoms with Crippen LogP contribution in [0.25, 0.3) is 0 Å². The van der Waals surface area contributed by atoms with Crippen LogP contribution in [0.1, 0.15) is 20.8 Å². The Labute approximate surface area is 96.5 Å². The third kappa shape index (κ3) is 2.79. The smallest absolute Gasteiger partial charge is 0.264 e. The third-order valence-electron chi connectivity index (χ3n) is 2.88. The molecule has 0 amide bonds. The van der Waals surface area contributed by atoms with Gasteiger partial charge in [0.05, 0.1) is 4.99 Å². The Morgan fingerprint density at radius 3 is 2.31 bits per heavy atom. The summed E-state index contributed by atoms with van der Waals surface area (Å²) >= 11 is 0. The fourth-order valence-corrected chi connectivity index (χ4v) is 1.57. The topological polar surface area (TPSA) is 40.4 Å². The molecule has 16 heavy (non-hydrogen) atoms. The molecule has 0 spiro atoms. The Balaban J connectivity index is 2.73. The first kappa shape index (κ1) is 12.6. The van der Waals surface area contributed by atoms with E-state index in [4.69, 9.17) is 4.84 Å². The summed E-state index contributed by atoms with van der Waals surface area (Å²) in [6.07, 6.45) is 6.81. The number of allylic oxidation sites excluding steroid dienone is 3. The van der Waals surface area contributed by atoms with Crippen LogP contribution in [-0.4, -0.2) is 36.5 Å². The zero-order valence-corrected chi connectivity index (χ0v) is 10.1. The van der Waals surface area contributed by atoms with Crippen LogP contribution in [0, 0.1) is 0 Å². The van der Waals surface area contributed by atoms with Crippen LogP contribution < -0.4 is 4.99 Å². The van der Waals surface area contributed by atoms with Gasteiger partial charge in [-0.25, -0.2) is 4.79 Å². The molecule has 0 aromatic carbocycles. The van der Waals surface area contributed by atoms with E-state index in [1.54, 1.807) is 24.4 Å². The van der Waals surface area contributed by atoms with Gasteiger partial charge in [-0.3, -0.25) is 4.84 Å². The van der Waals surface area contributed by atoms with Gasteiger partial charge in [0, 0.05) is 12.2 Å². The van der Waals surface area contributed by atoms with E-state index < -0.39 is 0 Å². The molecule has 0 aliphatic carbocycles. The van der Waals surface area contributed by atoms with Gasteiger partial charge < -0.3 is 0 Å². The largest absolute Gasteiger partial charge is 0.467 e. The molecule has 0 unspecified atom stereocenters. The maximum atomic E-state index is 11.8. The van der Waals surface area contributed by atoms with E-state index in [0.29, 0.717) is 10.3 Å². The number of quaternary nitrogens is 1. The van der Waals surface area contributed by atoms with Crippen molar-refractivity contribution in [2.24, 2.45) is 0 Å². The Morgan fingerprint density at radius 1 is 1.25 bits per heavy atom. The van der Waals surface area contributed by atoms with Crippen LogP contribution >= 0.6 is 0 Å². The minimum atomic E-state index is -0.355. The molecule has 0 saturated heterocycles. The number of aliphatic imine (C=N–C) groups is 1. The summed E-state index contributed by atoms with van der Waals surface area (Å²) in [5.74, 6) is -0.355. The van der Waals surface area contributed by atoms with Gasteiger partial charge in [-0.2, -0.15) is 0 Å². The van der Waals surface area contributed by atoms with E-state index >= 15 is 0 Å². The van der Waals surface area contributed by atoms with Crippen molar-refractivity contribution in [1.29, 1.82) is 0 Å². The minimum Gasteiger partial charge on any atom is -0.264 e. The molecule has 1 radical (unpaired) electrons. The highest BCUT2D eigenvalue weighted by atomic mass is 16.7. The molecule has 0 aromatic rings. The number of hydrogen-bond acceptors (Lipinski definition) is 3. The van der Waals surface area contributed by atoms with Crippen molar-refractivity contribution >= 4 is 12.2 Å². The van der Waals surface area contributed by atoms with Crippen LogP contribution in [0.5, 0.6) is 0 Å². The van der Waals surface area contributed by atoms with Gasteiger partial charge in [-0.1, -0.05) is 0 Å². The van der Waals surface area contributed by atoms with Crippen molar-refractivity contribution in [3.63, 3.8) is 0 Å². The van der Waals surface area contributed by atoms with Crippen LogP contribution in [0.15, 0.2) is 23.9 Å². The van der Waals surface area contributed by atoms with Gasteiger partial charge in [-0.15, -0.1) is 4.65 Å². The standard InChI is InChI=1S/C12H19N2O2/c1-4-14(5-2,6-3)16-12(15)11-9-7-8-10-13-11/h7-10H,4-6H2,1-3H3/q+2. The molecule has 0 bridgehead atoms. The van der Waals surface area contributed by atoms with Gasteiger partial charge in [0.1, 0.15) is 19.6 Å². The molecule has 0 atom stereocenters. The second kappa shape index (κ2) is 5.61. The summed E-state index contributed by atoms with van der Waals surface area (Å²) in [5, 5.41) is 0. The SMILES string of the molecule is CC[N+](CC)(CC)OC(=O)C1=CC=CC=[N+]1. The fraction of sp³-hybridized carbons (Fsp3) is 0.500. The lowest BCUT2D eigenvalue weighted by Gasteiger charge is -2.30. The zero-order chi connectivity index (χ0) is 12.0. The Kier molecular flexibility index (Phi) is 4.43. The average Bonchev–Trinajstić information content (AvgIpc) is 2.37. The highest BCUT2D eigenvalue weighted by Crippen LogP contribution is 2.10. The van der Waals surface area contributed by atoms with E-state index in [1.807, 2.05) is 20.8 Å². The van der Waals surface area contributed by atoms with Crippen molar-refractivity contribution < 1.29 is 14.3 Å². The van der Waals surface area contributed by atoms with E-state index in [-0.39, 0.29) is 5.97 Å². The Bertz CT molecular complexity index is 331. The van der Waals surface area contributed by atoms with E-state index in [9.17, 15) is 4.79 Å². The van der Waals surface area contributed by atoms with Gasteiger partial charge in [0.15, 0.2) is 0 Å². The predicted octanol–water partition coefficient (Wildman–Crippen LogP) is 1.18. The van der Waals surface area contributed by atoms with Crippen LogP contribution in [0.2, 0.25) is 0 Å². The summed E-state index contributed by atoms with van der Waals surface area (Å²) in [7, 11) is 0. The van der Waals surface area contributed by atoms with E-state index in [0.717, 1.165) is 19.6 Å². The summed E-state index contributed by atoms with van der Waals surface area (Å²) < 4.78 is 0.343. The third-order valence-corrected chi connectivity index (χ3v) is 2.88. The van der Waals surface area contributed by atoms with Gasteiger partial charge in [-0.05, 0) is 26.8 Å². The van der Waals surface area contributed by atoms with Crippen LogP contribution in [0.3, 0.4) is 0 Å². The Morgan fingerprint density at radius 2 is 1.88 bits per heavy atom. The molecular weight excluding hydrogens is 204 g/mol. The lowest BCUT2D eigenvalue weighted by atomic mass is 10.3.